The van der Waals surface area contributed by atoms with Crippen molar-refractivity contribution in [2.24, 2.45) is 12.0 Å². The third kappa shape index (κ3) is 2.11. The number of fused-ring (bicyclic) bond motifs is 3. The van der Waals surface area contributed by atoms with Crippen LogP contribution in [0.2, 0.25) is 0 Å². The van der Waals surface area contributed by atoms with Gasteiger partial charge < -0.3 is 0 Å². The molecule has 8 heteroatoms. The van der Waals surface area contributed by atoms with Crippen LogP contribution in [-0.2, 0) is 18.4 Å². The number of nitrogens with zero attached hydrogens (tertiary/aromatic N) is 5. The maximum Gasteiger partial charge on any atom is 0.401 e. The highest BCUT2D eigenvalue weighted by Gasteiger charge is 2.53. The maximum absolute atomic E-state index is 13.2. The van der Waals surface area contributed by atoms with Crippen LogP contribution < -0.4 is 4.57 Å². The lowest BCUT2D eigenvalue weighted by Gasteiger charge is -2.33. The number of hydrogen-bond donors (Lipinski definition) is 0. The minimum Gasteiger partial charge on any atom is -0.270 e. The number of amides is 3. The summed E-state index contributed by atoms with van der Waals surface area (Å²) in [4.78, 5) is 33.0. The first kappa shape index (κ1) is 16.4. The number of imidazole rings is 1. The molecule has 3 amide bonds. The summed E-state index contributed by atoms with van der Waals surface area (Å²) in [6.45, 7) is 3.99. The second-order valence-electron chi connectivity index (χ2n) is 6.66. The molecule has 0 aliphatic carbocycles. The van der Waals surface area contributed by atoms with Crippen LogP contribution >= 0.6 is 0 Å². The third-order valence-corrected chi connectivity index (χ3v) is 5.24. The van der Waals surface area contributed by atoms with Crippen molar-refractivity contribution >= 4 is 23.7 Å². The molecule has 0 saturated carbocycles. The van der Waals surface area contributed by atoms with Gasteiger partial charge in [-0.2, -0.15) is 0 Å². The molecule has 2 aliphatic heterocycles. The standard InChI is InChI=1S/C18H19FN5O2/c1-10-11(2)24-14-15(20-17(24)21(10)3)22(4)18(26)23(16(14)25)9-12-5-7-13(19)8-6-12/h5-8,14H,9H2,1-4H3/q+1. The molecule has 1 aromatic carbocycles. The summed E-state index contributed by atoms with van der Waals surface area (Å²) in [7, 11) is 3.50. The molecular formula is C18H19FN5O2+. The zero-order chi connectivity index (χ0) is 18.7. The average molecular weight is 356 g/mol. The first-order chi connectivity index (χ1) is 12.3. The Hall–Kier alpha value is -3.03. The van der Waals surface area contributed by atoms with E-state index < -0.39 is 12.1 Å². The molecule has 0 N–H and O–H groups in total. The Morgan fingerprint density at radius 1 is 1.19 bits per heavy atom. The van der Waals surface area contributed by atoms with Gasteiger partial charge in [-0.25, -0.2) is 18.3 Å². The second-order valence-corrected chi connectivity index (χ2v) is 6.66. The lowest BCUT2D eigenvalue weighted by Crippen LogP contribution is -2.57. The molecule has 0 spiro atoms. The zero-order valence-electron chi connectivity index (χ0n) is 15.0. The number of rotatable bonds is 2. The number of amidine groups is 1. The van der Waals surface area contributed by atoms with Crippen LogP contribution in [0.5, 0.6) is 0 Å². The lowest BCUT2D eigenvalue weighted by atomic mass is 10.1. The SMILES string of the molecule is Cc1c(C)[n+](C)c2n1C1C(=O)N(Cc3ccc(F)cc3)C(=O)N(C)C1=N2. The van der Waals surface area contributed by atoms with Gasteiger partial charge in [0, 0.05) is 7.05 Å². The van der Waals surface area contributed by atoms with Gasteiger partial charge in [0.2, 0.25) is 11.9 Å². The Morgan fingerprint density at radius 2 is 1.85 bits per heavy atom. The number of carbonyl (C=O) groups excluding carboxylic acids is 2. The van der Waals surface area contributed by atoms with Crippen LogP contribution in [0.25, 0.3) is 0 Å². The van der Waals surface area contributed by atoms with Crippen LogP contribution in [0.4, 0.5) is 15.1 Å². The highest BCUT2D eigenvalue weighted by atomic mass is 19.1. The smallest absolute Gasteiger partial charge is 0.270 e. The van der Waals surface area contributed by atoms with Gasteiger partial charge in [0.1, 0.15) is 17.2 Å². The molecule has 4 rings (SSSR count). The van der Waals surface area contributed by atoms with E-state index in [1.165, 1.54) is 21.9 Å². The monoisotopic (exact) mass is 356 g/mol. The molecule has 3 heterocycles. The van der Waals surface area contributed by atoms with E-state index in [9.17, 15) is 14.0 Å². The number of aliphatic imine (C=N–C) groups is 1. The van der Waals surface area contributed by atoms with Crippen LogP contribution in [-0.4, -0.2) is 39.2 Å². The van der Waals surface area contributed by atoms with Crippen molar-refractivity contribution in [1.82, 2.24) is 14.4 Å². The average Bonchev–Trinajstić information content (AvgIpc) is 3.11. The second kappa shape index (κ2) is 5.48. The number of carbonyl (C=O) groups is 2. The minimum atomic E-state index is -0.659. The highest BCUT2D eigenvalue weighted by Crippen LogP contribution is 2.35. The van der Waals surface area contributed by atoms with Gasteiger partial charge in [-0.1, -0.05) is 17.1 Å². The number of likely N-dealkylation sites (N-methyl/N-ethyl adjacent to an activating group) is 1. The molecule has 1 saturated heterocycles. The summed E-state index contributed by atoms with van der Waals surface area (Å²) in [5.41, 5.74) is 2.63. The Balaban J connectivity index is 1.75. The maximum atomic E-state index is 13.2. The molecule has 0 bridgehead atoms. The van der Waals surface area contributed by atoms with E-state index in [1.54, 1.807) is 19.2 Å². The van der Waals surface area contributed by atoms with Gasteiger partial charge in [-0.15, -0.1) is 0 Å². The van der Waals surface area contributed by atoms with E-state index in [4.69, 9.17) is 0 Å². The van der Waals surface area contributed by atoms with E-state index >= 15 is 0 Å². The number of hydrogen-bond acceptors (Lipinski definition) is 3. The normalized spacial score (nSPS) is 19.0. The molecule has 7 nitrogen and oxygen atoms in total. The van der Waals surface area contributed by atoms with Crippen molar-refractivity contribution in [3.05, 3.63) is 47.0 Å². The van der Waals surface area contributed by atoms with Gasteiger partial charge >= 0.3 is 12.0 Å². The molecule has 1 aromatic heterocycles. The van der Waals surface area contributed by atoms with Gasteiger partial charge in [0.15, 0.2) is 0 Å². The van der Waals surface area contributed by atoms with Gasteiger partial charge in [0.05, 0.1) is 13.6 Å². The Morgan fingerprint density at radius 3 is 2.50 bits per heavy atom. The summed E-state index contributed by atoms with van der Waals surface area (Å²) >= 11 is 0. The van der Waals surface area contributed by atoms with E-state index in [0.717, 1.165) is 11.4 Å². The molecular weight excluding hydrogens is 337 g/mol. The number of benzene rings is 1. The Bertz CT molecular complexity index is 976. The fourth-order valence-corrected chi connectivity index (χ4v) is 3.51. The fourth-order valence-electron chi connectivity index (χ4n) is 3.51. The van der Waals surface area contributed by atoms with Gasteiger partial charge in [-0.3, -0.25) is 14.6 Å². The predicted molar refractivity (Wildman–Crippen MR) is 91.3 cm³/mol. The molecule has 26 heavy (non-hydrogen) atoms. The summed E-state index contributed by atoms with van der Waals surface area (Å²) in [5.74, 6) is 0.400. The van der Waals surface area contributed by atoms with E-state index in [-0.39, 0.29) is 18.3 Å². The summed E-state index contributed by atoms with van der Waals surface area (Å²) in [5, 5.41) is 0. The Labute approximate surface area is 150 Å². The molecule has 1 fully saturated rings. The first-order valence-electron chi connectivity index (χ1n) is 8.30. The molecule has 0 radical (unpaired) electrons. The minimum absolute atomic E-state index is 0.0901. The van der Waals surface area contributed by atoms with Crippen molar-refractivity contribution in [2.45, 2.75) is 26.4 Å². The van der Waals surface area contributed by atoms with E-state index in [2.05, 4.69) is 4.99 Å². The van der Waals surface area contributed by atoms with Crippen LogP contribution in [0.15, 0.2) is 29.3 Å². The van der Waals surface area contributed by atoms with Gasteiger partial charge in [-0.05, 0) is 31.5 Å². The number of imide groups is 1. The molecule has 134 valence electrons. The molecule has 1 unspecified atom stereocenters. The van der Waals surface area contributed by atoms with Crippen molar-refractivity contribution in [1.29, 1.82) is 0 Å². The highest BCUT2D eigenvalue weighted by molar-refractivity contribution is 6.20. The summed E-state index contributed by atoms with van der Waals surface area (Å²) in [6, 6.07) is 4.69. The molecule has 2 aromatic rings. The van der Waals surface area contributed by atoms with Crippen molar-refractivity contribution < 1.29 is 18.5 Å². The number of aromatic nitrogens is 2. The zero-order valence-corrected chi connectivity index (χ0v) is 15.0. The van der Waals surface area contributed by atoms with Crippen molar-refractivity contribution in [3.8, 4) is 0 Å². The van der Waals surface area contributed by atoms with E-state index in [1.807, 2.05) is 30.0 Å². The number of halogens is 1. The first-order valence-corrected chi connectivity index (χ1v) is 8.30. The molecule has 2 aliphatic rings. The van der Waals surface area contributed by atoms with Crippen LogP contribution in [0, 0.1) is 19.7 Å². The van der Waals surface area contributed by atoms with E-state index in [0.29, 0.717) is 17.3 Å². The molecule has 1 atom stereocenters. The van der Waals surface area contributed by atoms with Crippen LogP contribution in [0.1, 0.15) is 23.0 Å². The summed E-state index contributed by atoms with van der Waals surface area (Å²) < 4.78 is 16.9. The summed E-state index contributed by atoms with van der Waals surface area (Å²) in [6.07, 6.45) is 0. The topological polar surface area (TPSA) is 61.8 Å². The quantitative estimate of drug-likeness (QED) is 0.770. The predicted octanol–water partition coefficient (Wildman–Crippen LogP) is 1.75. The Kier molecular flexibility index (Phi) is 3.47. The largest absolute Gasteiger partial charge is 0.401 e. The van der Waals surface area contributed by atoms with Crippen LogP contribution in [0.3, 0.4) is 0 Å². The number of urea groups is 1. The third-order valence-electron chi connectivity index (χ3n) is 5.24. The van der Waals surface area contributed by atoms with Crippen molar-refractivity contribution in [2.75, 3.05) is 7.05 Å². The van der Waals surface area contributed by atoms with Crippen molar-refractivity contribution in [3.63, 3.8) is 0 Å². The lowest BCUT2D eigenvalue weighted by molar-refractivity contribution is -0.663. The van der Waals surface area contributed by atoms with Gasteiger partial charge in [0.25, 0.3) is 5.91 Å². The fraction of sp³-hybridized carbons (Fsp3) is 0.333.